The van der Waals surface area contributed by atoms with Gasteiger partial charge in [-0.05, 0) is 30.2 Å². The summed E-state index contributed by atoms with van der Waals surface area (Å²) >= 11 is 0. The number of rotatable bonds is 7. The zero-order valence-electron chi connectivity index (χ0n) is 13.9. The summed E-state index contributed by atoms with van der Waals surface area (Å²) in [7, 11) is 0. The molecule has 0 radical (unpaired) electrons. The minimum Gasteiger partial charge on any atom is -0.454 e. The molecule has 0 saturated carbocycles. The van der Waals surface area contributed by atoms with Crippen LogP contribution in [0.1, 0.15) is 38.0 Å². The first-order valence-electron chi connectivity index (χ1n) is 8.06. The van der Waals surface area contributed by atoms with Crippen LogP contribution in [0.3, 0.4) is 0 Å². The second-order valence-electron chi connectivity index (χ2n) is 6.19. The van der Waals surface area contributed by atoms with Gasteiger partial charge in [0.1, 0.15) is 0 Å². The van der Waals surface area contributed by atoms with E-state index in [4.69, 9.17) is 14.0 Å². The lowest BCUT2D eigenvalue weighted by molar-refractivity contribution is 0.174. The zero-order valence-corrected chi connectivity index (χ0v) is 13.9. The van der Waals surface area contributed by atoms with Gasteiger partial charge in [0.15, 0.2) is 17.3 Å². The van der Waals surface area contributed by atoms with Crippen LogP contribution in [0.25, 0.3) is 0 Å². The fourth-order valence-corrected chi connectivity index (χ4v) is 2.57. The van der Waals surface area contributed by atoms with Crippen LogP contribution >= 0.6 is 0 Å². The Morgan fingerprint density at radius 3 is 2.78 bits per heavy atom. The Bertz CT molecular complexity index is 654. The van der Waals surface area contributed by atoms with Gasteiger partial charge >= 0.3 is 0 Å². The fraction of sp³-hybridized carbons (Fsp3) is 0.529. The van der Waals surface area contributed by atoms with Crippen molar-refractivity contribution in [3.63, 3.8) is 0 Å². The minimum absolute atomic E-state index is 0.302. The average Bonchev–Trinajstić information content (AvgIpc) is 3.14. The molecule has 0 unspecified atom stereocenters. The molecule has 124 valence electrons. The van der Waals surface area contributed by atoms with Crippen LogP contribution in [0.15, 0.2) is 22.7 Å². The van der Waals surface area contributed by atoms with Gasteiger partial charge < -0.3 is 14.0 Å². The summed E-state index contributed by atoms with van der Waals surface area (Å²) in [5.74, 6) is 3.61. The highest BCUT2D eigenvalue weighted by Gasteiger charge is 2.16. The van der Waals surface area contributed by atoms with Crippen molar-refractivity contribution in [2.24, 2.45) is 5.92 Å². The molecule has 1 aromatic carbocycles. The number of hydrogen-bond acceptors (Lipinski definition) is 6. The molecular formula is C17H23N3O3. The monoisotopic (exact) mass is 317 g/mol. The van der Waals surface area contributed by atoms with Gasteiger partial charge in [0.05, 0.1) is 6.54 Å². The number of aromatic nitrogens is 2. The maximum Gasteiger partial charge on any atom is 0.240 e. The van der Waals surface area contributed by atoms with Crippen molar-refractivity contribution < 1.29 is 14.0 Å². The minimum atomic E-state index is 0.302. The first-order valence-corrected chi connectivity index (χ1v) is 8.06. The largest absolute Gasteiger partial charge is 0.454 e. The molecular weight excluding hydrogens is 294 g/mol. The van der Waals surface area contributed by atoms with Crippen molar-refractivity contribution in [2.75, 3.05) is 13.3 Å². The first-order chi connectivity index (χ1) is 11.1. The topological polar surface area (TPSA) is 60.6 Å². The Balaban J connectivity index is 1.62. The van der Waals surface area contributed by atoms with Crippen molar-refractivity contribution in [2.45, 2.75) is 40.3 Å². The molecule has 0 spiro atoms. The van der Waals surface area contributed by atoms with E-state index in [0.717, 1.165) is 36.8 Å². The first kappa shape index (κ1) is 15.8. The summed E-state index contributed by atoms with van der Waals surface area (Å²) in [5.41, 5.74) is 1.18. The van der Waals surface area contributed by atoms with Gasteiger partial charge in [0.25, 0.3) is 0 Å². The predicted octanol–water partition coefficient (Wildman–Crippen LogP) is 3.02. The third-order valence-electron chi connectivity index (χ3n) is 3.75. The lowest BCUT2D eigenvalue weighted by Gasteiger charge is -2.18. The molecule has 6 heteroatoms. The molecule has 1 aliphatic heterocycles. The van der Waals surface area contributed by atoms with Crippen LogP contribution in [-0.2, 0) is 19.5 Å². The number of hydrogen-bond donors (Lipinski definition) is 0. The van der Waals surface area contributed by atoms with E-state index < -0.39 is 0 Å². The van der Waals surface area contributed by atoms with E-state index in [1.165, 1.54) is 5.56 Å². The zero-order chi connectivity index (χ0) is 16.2. The molecule has 6 nitrogen and oxygen atoms in total. The molecule has 2 heterocycles. The lowest BCUT2D eigenvalue weighted by atomic mass is 10.1. The highest BCUT2D eigenvalue weighted by molar-refractivity contribution is 5.44. The predicted molar refractivity (Wildman–Crippen MR) is 85.2 cm³/mol. The van der Waals surface area contributed by atoms with Crippen molar-refractivity contribution >= 4 is 0 Å². The number of fused-ring (bicyclic) bond motifs is 1. The smallest absolute Gasteiger partial charge is 0.240 e. The molecule has 1 aromatic heterocycles. The van der Waals surface area contributed by atoms with Gasteiger partial charge in [-0.3, -0.25) is 4.90 Å². The second kappa shape index (κ2) is 7.00. The van der Waals surface area contributed by atoms with E-state index in [9.17, 15) is 0 Å². The van der Waals surface area contributed by atoms with Crippen LogP contribution < -0.4 is 9.47 Å². The summed E-state index contributed by atoms with van der Waals surface area (Å²) in [5, 5.41) is 4.05. The Morgan fingerprint density at radius 1 is 1.17 bits per heavy atom. The SMILES string of the molecule is CCN(Cc1ccc2c(c1)OCO2)Cc1nc(CC(C)C)no1. The van der Waals surface area contributed by atoms with Gasteiger partial charge in [0.2, 0.25) is 12.7 Å². The van der Waals surface area contributed by atoms with Crippen molar-refractivity contribution in [1.29, 1.82) is 0 Å². The average molecular weight is 317 g/mol. The number of ether oxygens (including phenoxy) is 2. The summed E-state index contributed by atoms with van der Waals surface area (Å²) in [6.45, 7) is 9.07. The Hall–Kier alpha value is -2.08. The maximum atomic E-state index is 5.43. The van der Waals surface area contributed by atoms with Crippen LogP contribution in [-0.4, -0.2) is 28.4 Å². The van der Waals surface area contributed by atoms with Gasteiger partial charge in [-0.15, -0.1) is 0 Å². The second-order valence-corrected chi connectivity index (χ2v) is 6.19. The molecule has 0 saturated heterocycles. The van der Waals surface area contributed by atoms with Gasteiger partial charge in [0, 0.05) is 13.0 Å². The summed E-state index contributed by atoms with van der Waals surface area (Å²) in [6, 6.07) is 6.05. The molecule has 3 rings (SSSR count). The van der Waals surface area contributed by atoms with E-state index in [2.05, 4.69) is 41.9 Å². The summed E-state index contributed by atoms with van der Waals surface area (Å²) in [6.07, 6.45) is 0.845. The lowest BCUT2D eigenvalue weighted by Crippen LogP contribution is -2.22. The summed E-state index contributed by atoms with van der Waals surface area (Å²) < 4.78 is 16.1. The highest BCUT2D eigenvalue weighted by Crippen LogP contribution is 2.32. The molecule has 2 aromatic rings. The van der Waals surface area contributed by atoms with Crippen LogP contribution in [0.4, 0.5) is 0 Å². The van der Waals surface area contributed by atoms with Crippen LogP contribution in [0.2, 0.25) is 0 Å². The number of nitrogens with zero attached hydrogens (tertiary/aromatic N) is 3. The van der Waals surface area contributed by atoms with E-state index in [0.29, 0.717) is 25.1 Å². The third-order valence-corrected chi connectivity index (χ3v) is 3.75. The standard InChI is InChI=1S/C17H23N3O3/c1-4-20(10-17-18-16(19-23-17)7-12(2)3)9-13-5-6-14-15(8-13)22-11-21-14/h5-6,8,12H,4,7,9-11H2,1-3H3. The van der Waals surface area contributed by atoms with E-state index in [1.807, 2.05) is 12.1 Å². The Kier molecular flexibility index (Phi) is 4.81. The molecule has 1 aliphatic rings. The van der Waals surface area contributed by atoms with Crippen LogP contribution in [0.5, 0.6) is 11.5 Å². The Morgan fingerprint density at radius 2 is 2.00 bits per heavy atom. The molecule has 0 fully saturated rings. The van der Waals surface area contributed by atoms with Crippen molar-refractivity contribution in [1.82, 2.24) is 15.0 Å². The molecule has 0 amide bonds. The van der Waals surface area contributed by atoms with Crippen LogP contribution in [0, 0.1) is 5.92 Å². The van der Waals surface area contributed by atoms with Gasteiger partial charge in [-0.2, -0.15) is 4.98 Å². The Labute approximate surface area is 136 Å². The molecule has 0 N–H and O–H groups in total. The fourth-order valence-electron chi connectivity index (χ4n) is 2.57. The quantitative estimate of drug-likeness (QED) is 0.782. The molecule has 0 aliphatic carbocycles. The molecule has 23 heavy (non-hydrogen) atoms. The van der Waals surface area contributed by atoms with Crippen molar-refractivity contribution in [3.8, 4) is 11.5 Å². The normalized spacial score (nSPS) is 13.3. The van der Waals surface area contributed by atoms with Gasteiger partial charge in [-0.25, -0.2) is 0 Å². The van der Waals surface area contributed by atoms with E-state index in [-0.39, 0.29) is 0 Å². The molecule has 0 bridgehead atoms. The van der Waals surface area contributed by atoms with Crippen molar-refractivity contribution in [3.05, 3.63) is 35.5 Å². The third kappa shape index (κ3) is 4.01. The summed E-state index contributed by atoms with van der Waals surface area (Å²) in [4.78, 5) is 6.73. The van der Waals surface area contributed by atoms with E-state index in [1.54, 1.807) is 0 Å². The highest BCUT2D eigenvalue weighted by atomic mass is 16.7. The van der Waals surface area contributed by atoms with E-state index >= 15 is 0 Å². The number of benzene rings is 1. The maximum absolute atomic E-state index is 5.43. The van der Waals surface area contributed by atoms with Gasteiger partial charge in [-0.1, -0.05) is 32.0 Å². The molecule has 0 atom stereocenters.